The first kappa shape index (κ1) is 13.7. The lowest BCUT2D eigenvalue weighted by molar-refractivity contribution is 0.135. The van der Waals surface area contributed by atoms with E-state index in [1.165, 1.54) is 58.4 Å². The van der Waals surface area contributed by atoms with Crippen LogP contribution < -0.4 is 5.32 Å². The standard InChI is InChI=1S/C12H24N2.C2H4/c1-2-14-9-5-12(6-10-14)11-3-7-13-8-4-11;1-2/h11-13H,2-10H2,1H3;1-2H2. The molecule has 0 aliphatic carbocycles. The van der Waals surface area contributed by atoms with Crippen molar-refractivity contribution < 1.29 is 0 Å². The van der Waals surface area contributed by atoms with Crippen LogP contribution in [0.1, 0.15) is 32.6 Å². The van der Waals surface area contributed by atoms with Gasteiger partial charge in [-0.15, -0.1) is 13.2 Å². The number of rotatable bonds is 2. The van der Waals surface area contributed by atoms with Gasteiger partial charge in [0, 0.05) is 0 Å². The minimum atomic E-state index is 1.04. The zero-order valence-corrected chi connectivity index (χ0v) is 10.9. The van der Waals surface area contributed by atoms with Gasteiger partial charge in [-0.25, -0.2) is 0 Å². The molecule has 0 aromatic rings. The molecule has 2 aliphatic rings. The van der Waals surface area contributed by atoms with E-state index in [1.807, 2.05) is 0 Å². The molecule has 1 N–H and O–H groups in total. The maximum absolute atomic E-state index is 3.46. The first-order valence-electron chi connectivity index (χ1n) is 6.83. The van der Waals surface area contributed by atoms with Gasteiger partial charge in [-0.2, -0.15) is 0 Å². The molecule has 0 amide bonds. The Morgan fingerprint density at radius 2 is 1.50 bits per heavy atom. The maximum atomic E-state index is 3.46. The number of likely N-dealkylation sites (tertiary alicyclic amines) is 1. The van der Waals surface area contributed by atoms with Gasteiger partial charge in [0.05, 0.1) is 0 Å². The molecule has 2 heterocycles. The Morgan fingerprint density at radius 1 is 1.00 bits per heavy atom. The van der Waals surface area contributed by atoms with Gasteiger partial charge in [0.1, 0.15) is 0 Å². The lowest BCUT2D eigenvalue weighted by Gasteiger charge is -2.37. The lowest BCUT2D eigenvalue weighted by Crippen LogP contribution is -2.39. The second-order valence-electron chi connectivity index (χ2n) is 4.86. The molecule has 2 rings (SSSR count). The molecule has 0 aromatic heterocycles. The second-order valence-corrected chi connectivity index (χ2v) is 4.86. The van der Waals surface area contributed by atoms with Crippen LogP contribution in [-0.2, 0) is 0 Å². The van der Waals surface area contributed by atoms with E-state index >= 15 is 0 Å². The number of nitrogens with zero attached hydrogens (tertiary/aromatic N) is 1. The Bertz CT molecular complexity index is 168. The fourth-order valence-corrected chi connectivity index (χ4v) is 3.06. The fourth-order valence-electron chi connectivity index (χ4n) is 3.06. The number of hydrogen-bond acceptors (Lipinski definition) is 2. The molecular weight excluding hydrogens is 196 g/mol. The zero-order chi connectivity index (χ0) is 11.8. The smallest absolute Gasteiger partial charge is 0.00161 e. The first-order chi connectivity index (χ1) is 7.90. The minimum Gasteiger partial charge on any atom is -0.317 e. The Morgan fingerprint density at radius 3 is 2.00 bits per heavy atom. The topological polar surface area (TPSA) is 15.3 Å². The van der Waals surface area contributed by atoms with Crippen LogP contribution in [0.25, 0.3) is 0 Å². The molecule has 0 aromatic carbocycles. The summed E-state index contributed by atoms with van der Waals surface area (Å²) in [6.45, 7) is 14.8. The van der Waals surface area contributed by atoms with Crippen molar-refractivity contribution in [3.63, 3.8) is 0 Å². The van der Waals surface area contributed by atoms with Crippen LogP contribution in [0.4, 0.5) is 0 Å². The largest absolute Gasteiger partial charge is 0.317 e. The predicted molar refractivity (Wildman–Crippen MR) is 71.7 cm³/mol. The van der Waals surface area contributed by atoms with Crippen molar-refractivity contribution in [3.05, 3.63) is 13.2 Å². The van der Waals surface area contributed by atoms with Gasteiger partial charge < -0.3 is 10.2 Å². The van der Waals surface area contributed by atoms with Gasteiger partial charge in [-0.3, -0.25) is 0 Å². The van der Waals surface area contributed by atoms with Gasteiger partial charge in [0.15, 0.2) is 0 Å². The summed E-state index contributed by atoms with van der Waals surface area (Å²) in [7, 11) is 0. The summed E-state index contributed by atoms with van der Waals surface area (Å²) in [6, 6.07) is 0. The Hall–Kier alpha value is -0.340. The molecule has 0 radical (unpaired) electrons. The van der Waals surface area contributed by atoms with E-state index in [4.69, 9.17) is 0 Å². The van der Waals surface area contributed by atoms with Crippen LogP contribution in [0.5, 0.6) is 0 Å². The van der Waals surface area contributed by atoms with Crippen LogP contribution in [-0.4, -0.2) is 37.6 Å². The molecule has 0 bridgehead atoms. The Kier molecular flexibility index (Phi) is 6.74. The van der Waals surface area contributed by atoms with Crippen molar-refractivity contribution in [3.8, 4) is 0 Å². The third-order valence-corrected chi connectivity index (χ3v) is 4.13. The van der Waals surface area contributed by atoms with E-state index in [2.05, 4.69) is 30.3 Å². The Labute approximate surface area is 101 Å². The van der Waals surface area contributed by atoms with Crippen molar-refractivity contribution in [1.29, 1.82) is 0 Å². The summed E-state index contributed by atoms with van der Waals surface area (Å²) in [5, 5.41) is 3.46. The molecule has 0 spiro atoms. The van der Waals surface area contributed by atoms with E-state index in [9.17, 15) is 0 Å². The summed E-state index contributed by atoms with van der Waals surface area (Å²) in [5.74, 6) is 2.08. The lowest BCUT2D eigenvalue weighted by atomic mass is 9.79. The third-order valence-electron chi connectivity index (χ3n) is 4.13. The Balaban J connectivity index is 0.000000606. The van der Waals surface area contributed by atoms with Crippen molar-refractivity contribution in [2.45, 2.75) is 32.6 Å². The zero-order valence-electron chi connectivity index (χ0n) is 10.9. The molecule has 2 nitrogen and oxygen atoms in total. The highest BCUT2D eigenvalue weighted by molar-refractivity contribution is 4.80. The van der Waals surface area contributed by atoms with Gasteiger partial charge in [-0.1, -0.05) is 6.92 Å². The van der Waals surface area contributed by atoms with E-state index in [0.717, 1.165) is 11.8 Å². The predicted octanol–water partition coefficient (Wildman–Crippen LogP) is 2.52. The molecule has 0 unspecified atom stereocenters. The summed E-state index contributed by atoms with van der Waals surface area (Å²) in [5.41, 5.74) is 0. The van der Waals surface area contributed by atoms with E-state index in [-0.39, 0.29) is 0 Å². The van der Waals surface area contributed by atoms with Crippen LogP contribution >= 0.6 is 0 Å². The quantitative estimate of drug-likeness (QED) is 0.725. The van der Waals surface area contributed by atoms with Crippen LogP contribution in [0.15, 0.2) is 13.2 Å². The van der Waals surface area contributed by atoms with Crippen molar-refractivity contribution in [2.24, 2.45) is 11.8 Å². The van der Waals surface area contributed by atoms with Crippen molar-refractivity contribution in [1.82, 2.24) is 10.2 Å². The molecule has 0 saturated carbocycles. The van der Waals surface area contributed by atoms with Gasteiger partial charge >= 0.3 is 0 Å². The monoisotopic (exact) mass is 224 g/mol. The van der Waals surface area contributed by atoms with E-state index in [1.54, 1.807) is 0 Å². The molecule has 2 saturated heterocycles. The minimum absolute atomic E-state index is 1.04. The number of hydrogen-bond donors (Lipinski definition) is 1. The normalized spacial score (nSPS) is 24.8. The highest BCUT2D eigenvalue weighted by atomic mass is 15.1. The molecule has 2 aliphatic heterocycles. The highest BCUT2D eigenvalue weighted by Crippen LogP contribution is 2.30. The average molecular weight is 224 g/mol. The maximum Gasteiger partial charge on any atom is -0.00161 e. The van der Waals surface area contributed by atoms with Crippen molar-refractivity contribution >= 4 is 0 Å². The number of nitrogens with one attached hydrogen (secondary N) is 1. The average Bonchev–Trinajstić information content (AvgIpc) is 2.42. The fraction of sp³-hybridized carbons (Fsp3) is 0.857. The van der Waals surface area contributed by atoms with Gasteiger partial charge in [0.25, 0.3) is 0 Å². The second kappa shape index (κ2) is 7.86. The SMILES string of the molecule is C=C.CCN1CCC(C2CCNCC2)CC1. The molecule has 94 valence electrons. The van der Waals surface area contributed by atoms with E-state index in [0.29, 0.717) is 0 Å². The molecule has 16 heavy (non-hydrogen) atoms. The van der Waals surface area contributed by atoms with E-state index < -0.39 is 0 Å². The summed E-state index contributed by atoms with van der Waals surface area (Å²) in [4.78, 5) is 2.59. The van der Waals surface area contributed by atoms with Crippen LogP contribution in [0, 0.1) is 11.8 Å². The first-order valence-corrected chi connectivity index (χ1v) is 6.83. The van der Waals surface area contributed by atoms with Crippen LogP contribution in [0.3, 0.4) is 0 Å². The summed E-state index contributed by atoms with van der Waals surface area (Å²) >= 11 is 0. The van der Waals surface area contributed by atoms with Crippen molar-refractivity contribution in [2.75, 3.05) is 32.7 Å². The summed E-state index contributed by atoms with van der Waals surface area (Å²) < 4.78 is 0. The molecule has 2 fully saturated rings. The van der Waals surface area contributed by atoms with Gasteiger partial charge in [0.2, 0.25) is 0 Å². The molecular formula is C14H28N2. The number of piperidine rings is 2. The summed E-state index contributed by atoms with van der Waals surface area (Å²) in [6.07, 6.45) is 5.77. The molecule has 0 atom stereocenters. The van der Waals surface area contributed by atoms with Crippen LogP contribution in [0.2, 0.25) is 0 Å². The molecule has 2 heteroatoms. The third kappa shape index (κ3) is 3.91. The highest BCUT2D eigenvalue weighted by Gasteiger charge is 2.26. The van der Waals surface area contributed by atoms with Gasteiger partial charge in [-0.05, 0) is 70.2 Å².